The second-order valence-corrected chi connectivity index (χ2v) is 5.30. The van der Waals surface area contributed by atoms with E-state index in [0.29, 0.717) is 31.4 Å². The maximum atomic E-state index is 11.1. The van der Waals surface area contributed by atoms with E-state index in [1.807, 2.05) is 18.2 Å². The first-order chi connectivity index (χ1) is 9.58. The molecular formula is C13H17Cl2N3O2. The van der Waals surface area contributed by atoms with Crippen molar-refractivity contribution in [3.8, 4) is 0 Å². The van der Waals surface area contributed by atoms with Crippen LogP contribution in [0.15, 0.2) is 18.2 Å². The van der Waals surface area contributed by atoms with E-state index in [-0.39, 0.29) is 0 Å². The van der Waals surface area contributed by atoms with Gasteiger partial charge < -0.3 is 10.0 Å². The van der Waals surface area contributed by atoms with E-state index in [1.54, 1.807) is 12.1 Å². The molecule has 0 bridgehead atoms. The molecule has 1 aromatic rings. The van der Waals surface area contributed by atoms with Crippen LogP contribution in [0.4, 0.5) is 16.2 Å². The van der Waals surface area contributed by atoms with Gasteiger partial charge in [0.15, 0.2) is 0 Å². The van der Waals surface area contributed by atoms with E-state index >= 15 is 0 Å². The van der Waals surface area contributed by atoms with Crippen molar-refractivity contribution in [2.24, 2.45) is 0 Å². The average Bonchev–Trinajstić information content (AvgIpc) is 2.75. The molecule has 110 valence electrons. The van der Waals surface area contributed by atoms with Crippen molar-refractivity contribution < 1.29 is 9.90 Å². The molecule has 1 amide bonds. The Hall–Kier alpha value is -1.33. The molecule has 0 aliphatic carbocycles. The van der Waals surface area contributed by atoms with Crippen molar-refractivity contribution in [1.82, 2.24) is 5.01 Å². The molecular weight excluding hydrogens is 301 g/mol. The Balaban J connectivity index is 2.25. The highest BCUT2D eigenvalue weighted by atomic mass is 35.5. The minimum absolute atomic E-state index is 0.366. The summed E-state index contributed by atoms with van der Waals surface area (Å²) in [7, 11) is 1.74. The minimum Gasteiger partial charge on any atom is -0.464 e. The molecule has 1 aliphatic rings. The Morgan fingerprint density at radius 1 is 1.35 bits per heavy atom. The molecule has 5 nitrogen and oxygen atoms in total. The summed E-state index contributed by atoms with van der Waals surface area (Å²) in [5.41, 5.74) is 2.92. The Bertz CT molecular complexity index is 493. The third-order valence-electron chi connectivity index (χ3n) is 3.39. The van der Waals surface area contributed by atoms with Crippen LogP contribution in [-0.4, -0.2) is 48.1 Å². The van der Waals surface area contributed by atoms with Crippen molar-refractivity contribution in [3.05, 3.63) is 23.8 Å². The van der Waals surface area contributed by atoms with Gasteiger partial charge in [0.05, 0.1) is 12.2 Å². The SMILES string of the molecule is CN1c2ccc(N(CCCl)CCCl)cc2CN1C(=O)O. The quantitative estimate of drug-likeness (QED) is 0.848. The van der Waals surface area contributed by atoms with Crippen molar-refractivity contribution in [3.63, 3.8) is 0 Å². The number of hydrogen-bond acceptors (Lipinski definition) is 3. The fourth-order valence-electron chi connectivity index (χ4n) is 2.38. The number of hydrazine groups is 1. The molecule has 2 rings (SSSR count). The molecule has 1 aromatic carbocycles. The summed E-state index contributed by atoms with van der Waals surface area (Å²) in [5, 5.41) is 12.1. The number of halogens is 2. The lowest BCUT2D eigenvalue weighted by atomic mass is 10.1. The Labute approximate surface area is 128 Å². The van der Waals surface area contributed by atoms with E-state index in [0.717, 1.165) is 16.9 Å². The molecule has 0 unspecified atom stereocenters. The largest absolute Gasteiger partial charge is 0.464 e. The van der Waals surface area contributed by atoms with E-state index < -0.39 is 6.09 Å². The molecule has 1 aliphatic heterocycles. The highest BCUT2D eigenvalue weighted by Gasteiger charge is 2.28. The summed E-state index contributed by atoms with van der Waals surface area (Å²) >= 11 is 11.6. The first-order valence-electron chi connectivity index (χ1n) is 6.32. The lowest BCUT2D eigenvalue weighted by Crippen LogP contribution is -2.38. The number of alkyl halides is 2. The third-order valence-corrected chi connectivity index (χ3v) is 3.73. The molecule has 1 heterocycles. The number of nitrogens with zero attached hydrogens (tertiary/aromatic N) is 3. The summed E-state index contributed by atoms with van der Waals surface area (Å²) in [6.07, 6.45) is -0.955. The smallest absolute Gasteiger partial charge is 0.426 e. The number of carbonyl (C=O) groups is 1. The summed E-state index contributed by atoms with van der Waals surface area (Å²) in [6.45, 7) is 1.79. The van der Waals surface area contributed by atoms with Crippen molar-refractivity contribution in [1.29, 1.82) is 0 Å². The fourth-order valence-corrected chi connectivity index (χ4v) is 2.79. The van der Waals surface area contributed by atoms with Gasteiger partial charge in [0.2, 0.25) is 0 Å². The molecule has 0 saturated carbocycles. The average molecular weight is 318 g/mol. The number of anilines is 2. The van der Waals surface area contributed by atoms with Gasteiger partial charge in [-0.15, -0.1) is 23.2 Å². The van der Waals surface area contributed by atoms with Gasteiger partial charge in [0.25, 0.3) is 0 Å². The van der Waals surface area contributed by atoms with Crippen LogP contribution in [-0.2, 0) is 6.54 Å². The van der Waals surface area contributed by atoms with Crippen LogP contribution in [0.2, 0.25) is 0 Å². The Morgan fingerprint density at radius 3 is 2.55 bits per heavy atom. The van der Waals surface area contributed by atoms with Crippen LogP contribution in [0.5, 0.6) is 0 Å². The number of carboxylic acid groups (broad SMARTS) is 1. The van der Waals surface area contributed by atoms with E-state index in [1.165, 1.54) is 5.01 Å². The van der Waals surface area contributed by atoms with Crippen LogP contribution < -0.4 is 9.91 Å². The number of rotatable bonds is 5. The van der Waals surface area contributed by atoms with Crippen LogP contribution in [0.1, 0.15) is 5.56 Å². The molecule has 1 N–H and O–H groups in total. The molecule has 0 spiro atoms. The predicted octanol–water partition coefficient (Wildman–Crippen LogP) is 2.82. The van der Waals surface area contributed by atoms with Gasteiger partial charge in [-0.1, -0.05) is 0 Å². The number of hydrogen-bond donors (Lipinski definition) is 1. The van der Waals surface area contributed by atoms with Gasteiger partial charge in [0.1, 0.15) is 0 Å². The monoisotopic (exact) mass is 317 g/mol. The zero-order valence-electron chi connectivity index (χ0n) is 11.2. The standard InChI is InChI=1S/C13H17Cl2N3O2/c1-16-12-3-2-11(17(6-4-14)7-5-15)8-10(12)9-18(16)13(19)20/h2-3,8H,4-7,9H2,1H3,(H,19,20). The van der Waals surface area contributed by atoms with Crippen LogP contribution in [0.25, 0.3) is 0 Å². The number of fused-ring (bicyclic) bond motifs is 1. The maximum absolute atomic E-state index is 11.1. The Morgan fingerprint density at radius 2 is 2.00 bits per heavy atom. The maximum Gasteiger partial charge on any atom is 0.426 e. The highest BCUT2D eigenvalue weighted by molar-refractivity contribution is 6.18. The number of benzene rings is 1. The Kier molecular flexibility index (Phi) is 4.83. The molecule has 0 radical (unpaired) electrons. The lowest BCUT2D eigenvalue weighted by molar-refractivity contribution is 0.144. The van der Waals surface area contributed by atoms with Gasteiger partial charge in [-0.3, -0.25) is 5.01 Å². The van der Waals surface area contributed by atoms with Crippen molar-refractivity contribution in [2.45, 2.75) is 6.54 Å². The van der Waals surface area contributed by atoms with Gasteiger partial charge in [-0.2, -0.15) is 0 Å². The second kappa shape index (κ2) is 6.41. The zero-order chi connectivity index (χ0) is 14.7. The van der Waals surface area contributed by atoms with Gasteiger partial charge in [0, 0.05) is 43.1 Å². The number of amides is 1. The second-order valence-electron chi connectivity index (χ2n) is 4.54. The van der Waals surface area contributed by atoms with Gasteiger partial charge in [-0.05, 0) is 18.2 Å². The highest BCUT2D eigenvalue weighted by Crippen LogP contribution is 2.33. The summed E-state index contributed by atoms with van der Waals surface area (Å²) in [6, 6.07) is 5.91. The molecule has 7 heteroatoms. The normalized spacial score (nSPS) is 13.6. The fraction of sp³-hybridized carbons (Fsp3) is 0.462. The molecule has 0 saturated heterocycles. The summed E-state index contributed by atoms with van der Waals surface area (Å²) in [4.78, 5) is 13.2. The molecule has 20 heavy (non-hydrogen) atoms. The zero-order valence-corrected chi connectivity index (χ0v) is 12.7. The topological polar surface area (TPSA) is 47.0 Å². The van der Waals surface area contributed by atoms with Crippen LogP contribution in [0.3, 0.4) is 0 Å². The van der Waals surface area contributed by atoms with E-state index in [4.69, 9.17) is 28.3 Å². The van der Waals surface area contributed by atoms with Crippen molar-refractivity contribution in [2.75, 3.05) is 41.8 Å². The van der Waals surface area contributed by atoms with Crippen LogP contribution >= 0.6 is 23.2 Å². The van der Waals surface area contributed by atoms with E-state index in [9.17, 15) is 4.79 Å². The predicted molar refractivity (Wildman–Crippen MR) is 82.1 cm³/mol. The van der Waals surface area contributed by atoms with Gasteiger partial charge in [-0.25, -0.2) is 9.80 Å². The lowest BCUT2D eigenvalue weighted by Gasteiger charge is -2.24. The van der Waals surface area contributed by atoms with E-state index in [2.05, 4.69) is 4.90 Å². The molecule has 0 atom stereocenters. The first-order valence-corrected chi connectivity index (χ1v) is 7.39. The molecule has 0 aromatic heterocycles. The third kappa shape index (κ3) is 2.88. The summed E-state index contributed by atoms with van der Waals surface area (Å²) < 4.78 is 0. The molecule has 0 fully saturated rings. The first kappa shape index (κ1) is 15.1. The van der Waals surface area contributed by atoms with Crippen LogP contribution in [0, 0.1) is 0 Å². The minimum atomic E-state index is -0.955. The summed E-state index contributed by atoms with van der Waals surface area (Å²) in [5.74, 6) is 1.05. The van der Waals surface area contributed by atoms with Crippen molar-refractivity contribution >= 4 is 40.7 Å². The van der Waals surface area contributed by atoms with Gasteiger partial charge >= 0.3 is 6.09 Å².